The van der Waals surface area contributed by atoms with Crippen LogP contribution in [-0.4, -0.2) is 25.5 Å². The van der Waals surface area contributed by atoms with Crippen molar-refractivity contribution in [3.8, 4) is 17.6 Å². The lowest BCUT2D eigenvalue weighted by atomic mass is 9.95. The number of nitrogens with one attached hydrogen (secondary N) is 1. The topological polar surface area (TPSA) is 114 Å². The van der Waals surface area contributed by atoms with Crippen molar-refractivity contribution in [3.63, 3.8) is 0 Å². The first-order valence-electron chi connectivity index (χ1n) is 9.66. The molecule has 1 aliphatic carbocycles. The van der Waals surface area contributed by atoms with Crippen LogP contribution in [0.1, 0.15) is 46.1 Å². The summed E-state index contributed by atoms with van der Waals surface area (Å²) >= 11 is 1.36. The Labute approximate surface area is 179 Å². The van der Waals surface area contributed by atoms with Crippen LogP contribution >= 0.6 is 11.3 Å². The van der Waals surface area contributed by atoms with Gasteiger partial charge in [0, 0.05) is 4.88 Å². The second-order valence-electron chi connectivity index (χ2n) is 6.75. The van der Waals surface area contributed by atoms with E-state index in [2.05, 4.69) is 5.32 Å². The van der Waals surface area contributed by atoms with Crippen LogP contribution in [0, 0.1) is 11.3 Å². The molecule has 7 nitrogen and oxygen atoms in total. The molecule has 0 spiro atoms. The average Bonchev–Trinajstić information content (AvgIpc) is 3.10. The number of hydrogen-bond donors (Lipinski definition) is 2. The fraction of sp³-hybridized carbons (Fsp3) is 0.318. The van der Waals surface area contributed by atoms with E-state index in [4.69, 9.17) is 15.2 Å². The lowest BCUT2D eigenvalue weighted by molar-refractivity contribution is -0.112. The van der Waals surface area contributed by atoms with Crippen LogP contribution in [-0.2, 0) is 17.6 Å². The van der Waals surface area contributed by atoms with E-state index in [1.807, 2.05) is 13.0 Å². The number of methoxy groups -OCH3 is 1. The van der Waals surface area contributed by atoms with E-state index in [0.29, 0.717) is 34.2 Å². The van der Waals surface area contributed by atoms with Gasteiger partial charge in [0.2, 0.25) is 0 Å². The molecule has 0 aliphatic heterocycles. The molecule has 8 heteroatoms. The van der Waals surface area contributed by atoms with Crippen LogP contribution < -0.4 is 20.5 Å². The highest BCUT2D eigenvalue weighted by atomic mass is 32.1. The van der Waals surface area contributed by atoms with Crippen molar-refractivity contribution in [2.45, 2.75) is 32.6 Å². The largest absolute Gasteiger partial charge is 0.493 e. The fourth-order valence-corrected chi connectivity index (χ4v) is 4.74. The first-order chi connectivity index (χ1) is 14.5. The molecular formula is C22H23N3O4S. The zero-order valence-corrected chi connectivity index (χ0v) is 17.7. The van der Waals surface area contributed by atoms with Crippen molar-refractivity contribution in [1.29, 1.82) is 5.26 Å². The molecule has 0 radical (unpaired) electrons. The number of amides is 2. The van der Waals surface area contributed by atoms with E-state index < -0.39 is 11.8 Å². The van der Waals surface area contributed by atoms with Gasteiger partial charge in [-0.2, -0.15) is 5.26 Å². The minimum absolute atomic E-state index is 0.0931. The van der Waals surface area contributed by atoms with Crippen LogP contribution in [0.4, 0.5) is 5.00 Å². The summed E-state index contributed by atoms with van der Waals surface area (Å²) in [5.74, 6) is -0.0725. The second kappa shape index (κ2) is 9.46. The number of primary amides is 1. The lowest BCUT2D eigenvalue weighted by Gasteiger charge is -2.11. The van der Waals surface area contributed by atoms with Gasteiger partial charge in [0.1, 0.15) is 16.6 Å². The lowest BCUT2D eigenvalue weighted by Crippen LogP contribution is -2.19. The number of nitriles is 1. The average molecular weight is 426 g/mol. The van der Waals surface area contributed by atoms with E-state index >= 15 is 0 Å². The smallest absolute Gasteiger partial charge is 0.266 e. The van der Waals surface area contributed by atoms with Crippen LogP contribution in [0.15, 0.2) is 23.8 Å². The fourth-order valence-electron chi connectivity index (χ4n) is 3.45. The monoisotopic (exact) mass is 425 g/mol. The van der Waals surface area contributed by atoms with Gasteiger partial charge in [0.15, 0.2) is 11.5 Å². The minimum atomic E-state index is -0.590. The molecular weight excluding hydrogens is 402 g/mol. The number of hydrogen-bond acceptors (Lipinski definition) is 6. The Morgan fingerprint density at radius 1 is 1.30 bits per heavy atom. The van der Waals surface area contributed by atoms with E-state index in [0.717, 1.165) is 36.1 Å². The first kappa shape index (κ1) is 21.4. The van der Waals surface area contributed by atoms with Gasteiger partial charge in [-0.05, 0) is 61.9 Å². The Bertz CT molecular complexity index is 1050. The van der Waals surface area contributed by atoms with E-state index in [1.165, 1.54) is 17.4 Å². The number of benzene rings is 1. The number of carbonyl (C=O) groups is 2. The second-order valence-corrected chi connectivity index (χ2v) is 7.85. The van der Waals surface area contributed by atoms with Crippen LogP contribution in [0.25, 0.3) is 6.08 Å². The third kappa shape index (κ3) is 4.47. The standard InChI is InChI=1S/C22H23N3O4S/c1-3-29-17-11-13(8-9-16(17)28-2)10-14(12-23)21(27)25-22-19(20(24)26)15-6-4-5-7-18(15)30-22/h8-11H,3-7H2,1-2H3,(H2,24,26)(H,25,27)/b14-10+. The molecule has 1 aromatic carbocycles. The molecule has 30 heavy (non-hydrogen) atoms. The van der Waals surface area contributed by atoms with E-state index in [-0.39, 0.29) is 5.57 Å². The predicted molar refractivity (Wildman–Crippen MR) is 116 cm³/mol. The maximum atomic E-state index is 12.8. The highest BCUT2D eigenvalue weighted by molar-refractivity contribution is 7.17. The highest BCUT2D eigenvalue weighted by Crippen LogP contribution is 2.38. The minimum Gasteiger partial charge on any atom is -0.493 e. The SMILES string of the molecule is CCOc1cc(/C=C(\C#N)C(=O)Nc2sc3c(c2C(N)=O)CCCC3)ccc1OC. The molecule has 0 bridgehead atoms. The molecule has 0 atom stereocenters. The molecule has 0 unspecified atom stereocenters. The summed E-state index contributed by atoms with van der Waals surface area (Å²) in [7, 11) is 1.54. The number of carbonyl (C=O) groups excluding carboxylic acids is 2. The molecule has 2 amide bonds. The molecule has 2 aromatic rings. The van der Waals surface area contributed by atoms with Crippen molar-refractivity contribution < 1.29 is 19.1 Å². The molecule has 0 saturated heterocycles. The van der Waals surface area contributed by atoms with Gasteiger partial charge in [-0.3, -0.25) is 9.59 Å². The summed E-state index contributed by atoms with van der Waals surface area (Å²) in [5.41, 5.74) is 7.39. The number of ether oxygens (including phenoxy) is 2. The van der Waals surface area contributed by atoms with Gasteiger partial charge in [0.05, 0.1) is 19.3 Å². The number of nitrogens with two attached hydrogens (primary N) is 1. The number of thiophene rings is 1. The summed E-state index contributed by atoms with van der Waals surface area (Å²) < 4.78 is 10.8. The molecule has 3 N–H and O–H groups in total. The molecule has 156 valence electrons. The number of rotatable bonds is 7. The summed E-state index contributed by atoms with van der Waals surface area (Å²) in [6.07, 6.45) is 5.13. The Morgan fingerprint density at radius 2 is 2.07 bits per heavy atom. The zero-order chi connectivity index (χ0) is 21.7. The van der Waals surface area contributed by atoms with Gasteiger partial charge < -0.3 is 20.5 Å². The molecule has 3 rings (SSSR count). The van der Waals surface area contributed by atoms with Gasteiger partial charge in [-0.15, -0.1) is 11.3 Å². The van der Waals surface area contributed by atoms with E-state index in [9.17, 15) is 14.9 Å². The number of aryl methyl sites for hydroxylation is 1. The number of nitrogens with zero attached hydrogens (tertiary/aromatic N) is 1. The predicted octanol–water partition coefficient (Wildman–Crippen LogP) is 3.68. The molecule has 0 saturated carbocycles. The first-order valence-corrected chi connectivity index (χ1v) is 10.5. The molecule has 1 aliphatic rings. The van der Waals surface area contributed by atoms with Crippen molar-refractivity contribution in [2.75, 3.05) is 19.0 Å². The summed E-state index contributed by atoms with van der Waals surface area (Å²) in [5, 5.41) is 12.6. The normalized spacial score (nSPS) is 13.2. The van der Waals surface area contributed by atoms with Crippen LogP contribution in [0.5, 0.6) is 11.5 Å². The van der Waals surface area contributed by atoms with E-state index in [1.54, 1.807) is 25.3 Å². The third-order valence-corrected chi connectivity index (χ3v) is 6.02. The van der Waals surface area contributed by atoms with Crippen molar-refractivity contribution in [2.24, 2.45) is 5.73 Å². The van der Waals surface area contributed by atoms with Crippen molar-refractivity contribution in [1.82, 2.24) is 0 Å². The Morgan fingerprint density at radius 3 is 2.73 bits per heavy atom. The van der Waals surface area contributed by atoms with Crippen LogP contribution in [0.2, 0.25) is 0 Å². The van der Waals surface area contributed by atoms with Gasteiger partial charge in [-0.25, -0.2) is 0 Å². The highest BCUT2D eigenvalue weighted by Gasteiger charge is 2.25. The molecule has 1 aromatic heterocycles. The number of fused-ring (bicyclic) bond motifs is 1. The molecule has 0 fully saturated rings. The van der Waals surface area contributed by atoms with Gasteiger partial charge in [0.25, 0.3) is 11.8 Å². The van der Waals surface area contributed by atoms with Gasteiger partial charge in [-0.1, -0.05) is 6.07 Å². The maximum absolute atomic E-state index is 12.8. The quantitative estimate of drug-likeness (QED) is 0.519. The third-order valence-electron chi connectivity index (χ3n) is 4.81. The Balaban J connectivity index is 1.89. The Hall–Kier alpha value is -3.31. The summed E-state index contributed by atoms with van der Waals surface area (Å²) in [6, 6.07) is 7.06. The van der Waals surface area contributed by atoms with Crippen LogP contribution in [0.3, 0.4) is 0 Å². The Kier molecular flexibility index (Phi) is 6.75. The zero-order valence-electron chi connectivity index (χ0n) is 16.9. The van der Waals surface area contributed by atoms with Crippen molar-refractivity contribution in [3.05, 3.63) is 45.3 Å². The maximum Gasteiger partial charge on any atom is 0.266 e. The molecule has 1 heterocycles. The summed E-state index contributed by atoms with van der Waals surface area (Å²) in [6.45, 7) is 2.31. The van der Waals surface area contributed by atoms with Crippen molar-refractivity contribution >= 4 is 34.2 Å². The number of anilines is 1. The summed E-state index contributed by atoms with van der Waals surface area (Å²) in [4.78, 5) is 25.8. The van der Waals surface area contributed by atoms with Gasteiger partial charge >= 0.3 is 0 Å².